The Hall–Kier alpha value is -2.87. The van der Waals surface area contributed by atoms with Crippen molar-refractivity contribution in [3.8, 4) is 11.5 Å². The number of aryl methyl sites for hydroxylation is 2. The zero-order chi connectivity index (χ0) is 18.3. The fourth-order valence-electron chi connectivity index (χ4n) is 2.96. The summed E-state index contributed by atoms with van der Waals surface area (Å²) in [4.78, 5) is 17.5. The van der Waals surface area contributed by atoms with Gasteiger partial charge in [0, 0.05) is 37.5 Å². The highest BCUT2D eigenvalue weighted by Gasteiger charge is 2.17. The standard InChI is InChI=1S/C18H18N4O3S/c1-4-5-22-12-8-13-14(25-7-6-24-13)9-15(12)26-18(22)19-17(23)16-11(2)10-21(3)20-16/h4,8-10H,1,5-7H2,2-3H3. The Kier molecular flexibility index (Phi) is 4.12. The molecular weight excluding hydrogens is 352 g/mol. The van der Waals surface area contributed by atoms with Gasteiger partial charge in [-0.2, -0.15) is 10.1 Å². The predicted molar refractivity (Wildman–Crippen MR) is 98.8 cm³/mol. The van der Waals surface area contributed by atoms with Crippen LogP contribution < -0.4 is 14.3 Å². The van der Waals surface area contributed by atoms with Gasteiger partial charge in [-0.3, -0.25) is 9.48 Å². The monoisotopic (exact) mass is 370 g/mol. The summed E-state index contributed by atoms with van der Waals surface area (Å²) in [5.41, 5.74) is 2.10. The Morgan fingerprint density at radius 1 is 1.38 bits per heavy atom. The third-order valence-electron chi connectivity index (χ3n) is 4.07. The van der Waals surface area contributed by atoms with Crippen molar-refractivity contribution in [3.05, 3.63) is 47.0 Å². The Morgan fingerprint density at radius 2 is 2.12 bits per heavy atom. The van der Waals surface area contributed by atoms with E-state index in [9.17, 15) is 4.79 Å². The molecule has 3 heterocycles. The van der Waals surface area contributed by atoms with Crippen LogP contribution in [0.5, 0.6) is 11.5 Å². The third kappa shape index (κ3) is 2.82. The molecule has 2 aromatic heterocycles. The molecule has 3 aromatic rings. The molecule has 1 aliphatic heterocycles. The van der Waals surface area contributed by atoms with Crippen LogP contribution >= 0.6 is 11.3 Å². The van der Waals surface area contributed by atoms with Gasteiger partial charge in [0.05, 0.1) is 10.2 Å². The number of fused-ring (bicyclic) bond motifs is 2. The summed E-state index contributed by atoms with van der Waals surface area (Å²) in [6, 6.07) is 3.86. The first-order valence-electron chi connectivity index (χ1n) is 8.20. The third-order valence-corrected chi connectivity index (χ3v) is 5.11. The van der Waals surface area contributed by atoms with E-state index in [0.717, 1.165) is 15.8 Å². The van der Waals surface area contributed by atoms with E-state index in [1.54, 1.807) is 24.0 Å². The van der Waals surface area contributed by atoms with Crippen LogP contribution in [0.4, 0.5) is 0 Å². The molecule has 0 fully saturated rings. The van der Waals surface area contributed by atoms with E-state index in [1.807, 2.05) is 23.6 Å². The Bertz CT molecular complexity index is 1090. The quantitative estimate of drug-likeness (QED) is 0.664. The summed E-state index contributed by atoms with van der Waals surface area (Å²) < 4.78 is 15.9. The molecule has 0 bridgehead atoms. The van der Waals surface area contributed by atoms with Crippen LogP contribution in [0.15, 0.2) is 36.0 Å². The number of benzene rings is 1. The predicted octanol–water partition coefficient (Wildman–Crippen LogP) is 2.44. The smallest absolute Gasteiger partial charge is 0.300 e. The van der Waals surface area contributed by atoms with E-state index in [-0.39, 0.29) is 5.91 Å². The molecule has 1 aliphatic rings. The number of nitrogens with zero attached hydrogens (tertiary/aromatic N) is 4. The maximum absolute atomic E-state index is 12.6. The van der Waals surface area contributed by atoms with Gasteiger partial charge in [-0.1, -0.05) is 17.4 Å². The van der Waals surface area contributed by atoms with Crippen molar-refractivity contribution < 1.29 is 14.3 Å². The number of carbonyl (C=O) groups is 1. The lowest BCUT2D eigenvalue weighted by Crippen LogP contribution is -2.17. The van der Waals surface area contributed by atoms with Crippen molar-refractivity contribution in [1.29, 1.82) is 0 Å². The maximum Gasteiger partial charge on any atom is 0.300 e. The molecule has 8 heteroatoms. The topological polar surface area (TPSA) is 70.6 Å². The van der Waals surface area contributed by atoms with Crippen LogP contribution in [0.25, 0.3) is 10.2 Å². The molecule has 4 rings (SSSR count). The van der Waals surface area contributed by atoms with Gasteiger partial charge in [-0.15, -0.1) is 6.58 Å². The molecule has 0 aliphatic carbocycles. The lowest BCUT2D eigenvalue weighted by Gasteiger charge is -2.18. The Morgan fingerprint density at radius 3 is 2.77 bits per heavy atom. The highest BCUT2D eigenvalue weighted by atomic mass is 32.1. The van der Waals surface area contributed by atoms with Gasteiger partial charge in [-0.05, 0) is 6.92 Å². The molecule has 0 spiro atoms. The number of aromatic nitrogens is 3. The molecule has 0 N–H and O–H groups in total. The summed E-state index contributed by atoms with van der Waals surface area (Å²) in [7, 11) is 1.78. The van der Waals surface area contributed by atoms with E-state index in [0.29, 0.717) is 41.8 Å². The van der Waals surface area contributed by atoms with Gasteiger partial charge >= 0.3 is 0 Å². The van der Waals surface area contributed by atoms with Crippen LogP contribution in [-0.2, 0) is 13.6 Å². The van der Waals surface area contributed by atoms with E-state index in [1.165, 1.54) is 11.3 Å². The summed E-state index contributed by atoms with van der Waals surface area (Å²) in [6.07, 6.45) is 3.58. The number of rotatable bonds is 3. The number of hydrogen-bond acceptors (Lipinski definition) is 5. The van der Waals surface area contributed by atoms with E-state index in [2.05, 4.69) is 16.7 Å². The first-order valence-corrected chi connectivity index (χ1v) is 9.01. The van der Waals surface area contributed by atoms with Crippen LogP contribution in [0.1, 0.15) is 16.1 Å². The minimum Gasteiger partial charge on any atom is -0.486 e. The fraction of sp³-hybridized carbons (Fsp3) is 0.278. The molecule has 0 radical (unpaired) electrons. The molecule has 7 nitrogen and oxygen atoms in total. The van der Waals surface area contributed by atoms with Gasteiger partial charge in [0.25, 0.3) is 5.91 Å². The SMILES string of the molecule is C=CCn1c(=NC(=O)c2nn(C)cc2C)sc2cc3c(cc21)OCCO3. The van der Waals surface area contributed by atoms with E-state index in [4.69, 9.17) is 9.47 Å². The number of allylic oxidation sites excluding steroid dienone is 1. The van der Waals surface area contributed by atoms with Crippen LogP contribution in [0.3, 0.4) is 0 Å². The Balaban J connectivity index is 1.88. The minimum atomic E-state index is -0.357. The van der Waals surface area contributed by atoms with E-state index >= 15 is 0 Å². The molecule has 0 saturated heterocycles. The zero-order valence-corrected chi connectivity index (χ0v) is 15.4. The van der Waals surface area contributed by atoms with Crippen molar-refractivity contribution in [2.45, 2.75) is 13.5 Å². The highest BCUT2D eigenvalue weighted by molar-refractivity contribution is 7.16. The van der Waals surface area contributed by atoms with Gasteiger partial charge in [0.2, 0.25) is 0 Å². The average molecular weight is 370 g/mol. The van der Waals surface area contributed by atoms with Gasteiger partial charge < -0.3 is 14.0 Å². The maximum atomic E-state index is 12.6. The van der Waals surface area contributed by atoms with Crippen molar-refractivity contribution in [2.75, 3.05) is 13.2 Å². The number of amides is 1. The summed E-state index contributed by atoms with van der Waals surface area (Å²) in [6.45, 7) is 7.25. The van der Waals surface area contributed by atoms with Gasteiger partial charge in [0.1, 0.15) is 13.2 Å². The van der Waals surface area contributed by atoms with E-state index < -0.39 is 0 Å². The molecule has 0 unspecified atom stereocenters. The van der Waals surface area contributed by atoms with Crippen molar-refractivity contribution in [3.63, 3.8) is 0 Å². The first-order chi connectivity index (χ1) is 12.6. The average Bonchev–Trinajstić information content (AvgIpc) is 3.12. The zero-order valence-electron chi connectivity index (χ0n) is 14.6. The highest BCUT2D eigenvalue weighted by Crippen LogP contribution is 2.35. The number of thiazole rings is 1. The van der Waals surface area contributed by atoms with Gasteiger partial charge in [0.15, 0.2) is 22.0 Å². The largest absolute Gasteiger partial charge is 0.486 e. The molecule has 1 aromatic carbocycles. The summed E-state index contributed by atoms with van der Waals surface area (Å²) in [5.74, 6) is 1.07. The number of ether oxygens (including phenoxy) is 2. The lowest BCUT2D eigenvalue weighted by atomic mass is 10.2. The second-order valence-electron chi connectivity index (χ2n) is 6.00. The van der Waals surface area contributed by atoms with Crippen LogP contribution in [0.2, 0.25) is 0 Å². The normalized spacial score (nSPS) is 14.0. The Labute approximate surface area is 153 Å². The second kappa shape index (κ2) is 6.45. The molecule has 26 heavy (non-hydrogen) atoms. The van der Waals surface area contributed by atoms with Crippen molar-refractivity contribution in [1.82, 2.24) is 14.3 Å². The first kappa shape index (κ1) is 16.6. The second-order valence-corrected chi connectivity index (χ2v) is 7.01. The number of carbonyl (C=O) groups excluding carboxylic acids is 1. The molecule has 0 saturated carbocycles. The molecule has 0 atom stereocenters. The van der Waals surface area contributed by atoms with Crippen molar-refractivity contribution in [2.24, 2.45) is 12.0 Å². The van der Waals surface area contributed by atoms with Crippen LogP contribution in [0, 0.1) is 6.92 Å². The minimum absolute atomic E-state index is 0.357. The summed E-state index contributed by atoms with van der Waals surface area (Å²) >= 11 is 1.43. The molecule has 134 valence electrons. The molecule has 1 amide bonds. The van der Waals surface area contributed by atoms with Crippen molar-refractivity contribution >= 4 is 27.5 Å². The number of hydrogen-bond donors (Lipinski definition) is 0. The fourth-order valence-corrected chi connectivity index (χ4v) is 4.00. The lowest BCUT2D eigenvalue weighted by molar-refractivity contribution is 0.0992. The molecular formula is C18H18N4O3S. The summed E-state index contributed by atoms with van der Waals surface area (Å²) in [5, 5.41) is 4.21. The van der Waals surface area contributed by atoms with Crippen LogP contribution in [-0.4, -0.2) is 33.5 Å². The van der Waals surface area contributed by atoms with Gasteiger partial charge in [-0.25, -0.2) is 0 Å².